The Labute approximate surface area is 171 Å². The van der Waals surface area contributed by atoms with Crippen molar-refractivity contribution < 1.29 is 18.9 Å². The minimum absolute atomic E-state index is 0.0331. The number of fused-ring (bicyclic) bond motifs is 1. The largest absolute Gasteiger partial charge is 0.452 e. The molecule has 30 heavy (non-hydrogen) atoms. The fourth-order valence-corrected chi connectivity index (χ4v) is 3.13. The van der Waals surface area contributed by atoms with E-state index in [-0.39, 0.29) is 23.9 Å². The molecule has 0 saturated heterocycles. The van der Waals surface area contributed by atoms with Gasteiger partial charge in [0, 0.05) is 17.7 Å². The van der Waals surface area contributed by atoms with Crippen molar-refractivity contribution in [1.82, 2.24) is 10.2 Å². The first-order chi connectivity index (χ1) is 14.5. The van der Waals surface area contributed by atoms with E-state index in [1.165, 1.54) is 24.3 Å². The summed E-state index contributed by atoms with van der Waals surface area (Å²) in [6.45, 7) is 1.65. The Morgan fingerprint density at radius 2 is 1.80 bits per heavy atom. The van der Waals surface area contributed by atoms with Gasteiger partial charge in [-0.3, -0.25) is 14.9 Å². The molecule has 0 aliphatic rings. The smallest absolute Gasteiger partial charge is 0.311 e. The third-order valence-corrected chi connectivity index (χ3v) is 4.64. The molecular weight excluding hydrogens is 386 g/mol. The highest BCUT2D eigenvalue weighted by Gasteiger charge is 2.20. The number of nitro benzene ring substituents is 1. The van der Waals surface area contributed by atoms with Crippen LogP contribution < -0.4 is 0 Å². The van der Waals surface area contributed by atoms with Crippen molar-refractivity contribution >= 4 is 22.4 Å². The van der Waals surface area contributed by atoms with E-state index in [0.717, 1.165) is 16.3 Å². The van der Waals surface area contributed by atoms with Crippen LogP contribution in [0.3, 0.4) is 0 Å². The van der Waals surface area contributed by atoms with Crippen LogP contribution in [0.4, 0.5) is 5.69 Å². The number of rotatable bonds is 6. The second-order valence-corrected chi connectivity index (χ2v) is 6.70. The van der Waals surface area contributed by atoms with Crippen LogP contribution in [-0.2, 0) is 16.0 Å². The van der Waals surface area contributed by atoms with Gasteiger partial charge >= 0.3 is 5.97 Å². The first-order valence-corrected chi connectivity index (χ1v) is 9.25. The summed E-state index contributed by atoms with van der Waals surface area (Å²) in [6.07, 6.45) is -0.610. The molecule has 0 bridgehead atoms. The molecule has 0 radical (unpaired) electrons. The number of carbonyl (C=O) groups excluding carboxylic acids is 1. The van der Waals surface area contributed by atoms with Gasteiger partial charge < -0.3 is 9.15 Å². The van der Waals surface area contributed by atoms with Crippen LogP contribution in [0, 0.1) is 10.1 Å². The second-order valence-electron chi connectivity index (χ2n) is 6.70. The third-order valence-electron chi connectivity index (χ3n) is 4.64. The molecule has 4 aromatic rings. The molecule has 0 aliphatic heterocycles. The van der Waals surface area contributed by atoms with Crippen molar-refractivity contribution in [1.29, 1.82) is 0 Å². The molecule has 1 atom stereocenters. The van der Waals surface area contributed by atoms with Gasteiger partial charge in [0.25, 0.3) is 11.6 Å². The molecule has 0 unspecified atom stereocenters. The van der Waals surface area contributed by atoms with Gasteiger partial charge in [-0.25, -0.2) is 0 Å². The quantitative estimate of drug-likeness (QED) is 0.262. The van der Waals surface area contributed by atoms with Gasteiger partial charge in [-0.05, 0) is 35.4 Å². The maximum atomic E-state index is 12.4. The zero-order valence-corrected chi connectivity index (χ0v) is 16.0. The Balaban J connectivity index is 1.44. The number of carbonyl (C=O) groups is 1. The van der Waals surface area contributed by atoms with Gasteiger partial charge in [0.2, 0.25) is 5.89 Å². The minimum Gasteiger partial charge on any atom is -0.452 e. The first-order valence-electron chi connectivity index (χ1n) is 9.25. The molecule has 0 aliphatic carbocycles. The average molecular weight is 403 g/mol. The van der Waals surface area contributed by atoms with E-state index in [4.69, 9.17) is 9.15 Å². The van der Waals surface area contributed by atoms with Gasteiger partial charge in [0.15, 0.2) is 6.10 Å². The number of benzene rings is 3. The number of esters is 1. The lowest BCUT2D eigenvalue weighted by molar-refractivity contribution is -0.384. The summed E-state index contributed by atoms with van der Waals surface area (Å²) >= 11 is 0. The van der Waals surface area contributed by atoms with Crippen LogP contribution in [0.5, 0.6) is 0 Å². The summed E-state index contributed by atoms with van der Waals surface area (Å²) in [5.41, 5.74) is 1.38. The molecule has 0 N–H and O–H groups in total. The van der Waals surface area contributed by atoms with Gasteiger partial charge in [-0.1, -0.05) is 42.5 Å². The zero-order valence-electron chi connectivity index (χ0n) is 16.0. The zero-order chi connectivity index (χ0) is 21.1. The van der Waals surface area contributed by atoms with Crippen molar-refractivity contribution in [3.8, 4) is 11.5 Å². The Morgan fingerprint density at radius 3 is 2.57 bits per heavy atom. The standard InChI is InChI=1S/C22H17N3O5/c1-14(21-23-24-22(30-21)16-9-11-18(12-10-16)25(27)28)29-20(26)13-17-7-4-6-15-5-2-3-8-19(15)17/h2-12,14H,13H2,1H3/t14-/m1/s1. The van der Waals surface area contributed by atoms with Crippen molar-refractivity contribution in [2.75, 3.05) is 0 Å². The lowest BCUT2D eigenvalue weighted by atomic mass is 10.0. The van der Waals surface area contributed by atoms with Gasteiger partial charge in [-0.15, -0.1) is 10.2 Å². The molecule has 150 valence electrons. The van der Waals surface area contributed by atoms with Gasteiger partial charge in [0.05, 0.1) is 11.3 Å². The molecule has 1 aromatic heterocycles. The van der Waals surface area contributed by atoms with Crippen LogP contribution in [0.15, 0.2) is 71.1 Å². The van der Waals surface area contributed by atoms with Crippen LogP contribution in [0.1, 0.15) is 24.5 Å². The Kier molecular flexibility index (Phi) is 5.21. The van der Waals surface area contributed by atoms with Crippen molar-refractivity contribution in [3.63, 3.8) is 0 Å². The molecule has 1 heterocycles. The highest BCUT2D eigenvalue weighted by molar-refractivity contribution is 5.89. The summed E-state index contributed by atoms with van der Waals surface area (Å²) < 4.78 is 11.0. The van der Waals surface area contributed by atoms with E-state index in [9.17, 15) is 14.9 Å². The topological polar surface area (TPSA) is 108 Å². The fourth-order valence-electron chi connectivity index (χ4n) is 3.13. The number of ether oxygens (including phenoxy) is 1. The summed E-state index contributed by atoms with van der Waals surface area (Å²) in [4.78, 5) is 22.7. The molecule has 0 spiro atoms. The molecular formula is C22H17N3O5. The molecule has 0 amide bonds. The van der Waals surface area contributed by atoms with Gasteiger partial charge in [-0.2, -0.15) is 0 Å². The van der Waals surface area contributed by atoms with E-state index in [2.05, 4.69) is 10.2 Å². The number of nitrogens with zero attached hydrogens (tertiary/aromatic N) is 3. The van der Waals surface area contributed by atoms with Crippen LogP contribution in [0.25, 0.3) is 22.2 Å². The summed E-state index contributed by atoms with van der Waals surface area (Å²) in [6, 6.07) is 19.4. The van der Waals surface area contributed by atoms with E-state index < -0.39 is 17.0 Å². The lowest BCUT2D eigenvalue weighted by Crippen LogP contribution is -2.12. The molecule has 8 nitrogen and oxygen atoms in total. The monoisotopic (exact) mass is 403 g/mol. The van der Waals surface area contributed by atoms with Crippen molar-refractivity contribution in [2.24, 2.45) is 0 Å². The SMILES string of the molecule is C[C@@H](OC(=O)Cc1cccc2ccccc12)c1nnc(-c2ccc([N+](=O)[O-])cc2)o1. The molecule has 0 saturated carbocycles. The number of hydrogen-bond acceptors (Lipinski definition) is 7. The maximum absolute atomic E-state index is 12.4. The average Bonchev–Trinajstić information content (AvgIpc) is 3.24. The summed E-state index contributed by atoms with van der Waals surface area (Å²) in [5, 5.41) is 20.7. The van der Waals surface area contributed by atoms with Crippen LogP contribution >= 0.6 is 0 Å². The number of aromatic nitrogens is 2. The van der Waals surface area contributed by atoms with E-state index in [1.54, 1.807) is 6.92 Å². The van der Waals surface area contributed by atoms with Crippen molar-refractivity contribution in [2.45, 2.75) is 19.4 Å². The maximum Gasteiger partial charge on any atom is 0.311 e. The molecule has 8 heteroatoms. The Morgan fingerprint density at radius 1 is 1.07 bits per heavy atom. The molecule has 3 aromatic carbocycles. The Hall–Kier alpha value is -4.07. The normalized spacial score (nSPS) is 11.9. The molecule has 0 fully saturated rings. The predicted octanol–water partition coefficient (Wildman–Crippen LogP) is 4.64. The van der Waals surface area contributed by atoms with E-state index in [0.29, 0.717) is 5.56 Å². The minimum atomic E-state index is -0.730. The van der Waals surface area contributed by atoms with Gasteiger partial charge in [0.1, 0.15) is 0 Å². The number of non-ortho nitro benzene ring substituents is 1. The number of nitro groups is 1. The van der Waals surface area contributed by atoms with Crippen LogP contribution in [0.2, 0.25) is 0 Å². The van der Waals surface area contributed by atoms with Crippen molar-refractivity contribution in [3.05, 3.63) is 88.3 Å². The second kappa shape index (κ2) is 8.12. The fraction of sp³-hybridized carbons (Fsp3) is 0.136. The summed E-state index contributed by atoms with van der Waals surface area (Å²) in [7, 11) is 0. The predicted molar refractivity (Wildman–Crippen MR) is 109 cm³/mol. The first kappa shape index (κ1) is 19.3. The molecule has 4 rings (SSSR count). The summed E-state index contributed by atoms with van der Waals surface area (Å²) in [5.74, 6) is -0.0691. The lowest BCUT2D eigenvalue weighted by Gasteiger charge is -2.10. The third kappa shape index (κ3) is 4.02. The van der Waals surface area contributed by atoms with Crippen LogP contribution in [-0.4, -0.2) is 21.1 Å². The highest BCUT2D eigenvalue weighted by atomic mass is 16.6. The van der Waals surface area contributed by atoms with E-state index >= 15 is 0 Å². The highest BCUT2D eigenvalue weighted by Crippen LogP contribution is 2.25. The van der Waals surface area contributed by atoms with E-state index in [1.807, 2.05) is 42.5 Å². The number of hydrogen-bond donors (Lipinski definition) is 0. The Bertz CT molecular complexity index is 1210.